The van der Waals surface area contributed by atoms with E-state index in [0.29, 0.717) is 5.56 Å². The monoisotopic (exact) mass is 225 g/mol. The molecule has 3 heteroatoms. The minimum Gasteiger partial charge on any atom is -0.395 e. The van der Waals surface area contributed by atoms with E-state index < -0.39 is 0 Å². The SMILES string of the molecule is CCC(N[C@@H](CC)CO)c1ccccc1F. The van der Waals surface area contributed by atoms with Crippen molar-refractivity contribution in [2.24, 2.45) is 0 Å². The number of aliphatic hydroxyl groups excluding tert-OH is 1. The maximum Gasteiger partial charge on any atom is 0.127 e. The van der Waals surface area contributed by atoms with Crippen LogP contribution in [0.25, 0.3) is 0 Å². The Bertz CT molecular complexity index is 313. The van der Waals surface area contributed by atoms with Gasteiger partial charge in [0.15, 0.2) is 0 Å². The Hall–Kier alpha value is -0.930. The highest BCUT2D eigenvalue weighted by Gasteiger charge is 2.16. The van der Waals surface area contributed by atoms with E-state index in [4.69, 9.17) is 5.11 Å². The fourth-order valence-electron chi connectivity index (χ4n) is 1.77. The zero-order chi connectivity index (χ0) is 12.0. The van der Waals surface area contributed by atoms with Gasteiger partial charge in [-0.1, -0.05) is 32.0 Å². The minimum absolute atomic E-state index is 0.0294. The zero-order valence-electron chi connectivity index (χ0n) is 9.91. The van der Waals surface area contributed by atoms with Crippen molar-refractivity contribution in [1.82, 2.24) is 5.32 Å². The molecule has 2 N–H and O–H groups in total. The zero-order valence-corrected chi connectivity index (χ0v) is 9.91. The molecule has 2 atom stereocenters. The van der Waals surface area contributed by atoms with Crippen molar-refractivity contribution in [1.29, 1.82) is 0 Å². The Balaban J connectivity index is 2.78. The van der Waals surface area contributed by atoms with Crippen LogP contribution in [0.1, 0.15) is 38.3 Å². The lowest BCUT2D eigenvalue weighted by Crippen LogP contribution is -2.35. The Morgan fingerprint density at radius 3 is 2.44 bits per heavy atom. The van der Waals surface area contributed by atoms with Crippen molar-refractivity contribution < 1.29 is 9.50 Å². The van der Waals surface area contributed by atoms with Crippen molar-refractivity contribution in [2.45, 2.75) is 38.8 Å². The number of aliphatic hydroxyl groups is 1. The molecule has 0 aromatic heterocycles. The van der Waals surface area contributed by atoms with Crippen LogP contribution in [-0.4, -0.2) is 17.8 Å². The molecule has 0 amide bonds. The first-order valence-electron chi connectivity index (χ1n) is 5.84. The quantitative estimate of drug-likeness (QED) is 0.780. The van der Waals surface area contributed by atoms with Crippen LogP contribution in [0.3, 0.4) is 0 Å². The molecule has 0 saturated heterocycles. The van der Waals surface area contributed by atoms with Gasteiger partial charge in [0.1, 0.15) is 5.82 Å². The second-order valence-electron chi connectivity index (χ2n) is 3.94. The lowest BCUT2D eigenvalue weighted by molar-refractivity contribution is 0.225. The van der Waals surface area contributed by atoms with Gasteiger partial charge in [0, 0.05) is 17.6 Å². The van der Waals surface area contributed by atoms with Crippen LogP contribution < -0.4 is 5.32 Å². The van der Waals surface area contributed by atoms with Crippen LogP contribution >= 0.6 is 0 Å². The van der Waals surface area contributed by atoms with Crippen molar-refractivity contribution in [3.63, 3.8) is 0 Å². The van der Waals surface area contributed by atoms with Gasteiger partial charge in [-0.3, -0.25) is 0 Å². The van der Waals surface area contributed by atoms with Gasteiger partial charge in [0.05, 0.1) is 6.61 Å². The van der Waals surface area contributed by atoms with E-state index in [1.807, 2.05) is 19.9 Å². The molecule has 0 aliphatic heterocycles. The maximum absolute atomic E-state index is 13.6. The summed E-state index contributed by atoms with van der Waals surface area (Å²) >= 11 is 0. The van der Waals surface area contributed by atoms with Crippen LogP contribution in [0.15, 0.2) is 24.3 Å². The van der Waals surface area contributed by atoms with E-state index in [-0.39, 0.29) is 24.5 Å². The van der Waals surface area contributed by atoms with Gasteiger partial charge in [-0.05, 0) is 18.9 Å². The van der Waals surface area contributed by atoms with Gasteiger partial charge < -0.3 is 10.4 Å². The second kappa shape index (κ2) is 6.61. The van der Waals surface area contributed by atoms with E-state index in [9.17, 15) is 4.39 Å². The van der Waals surface area contributed by atoms with E-state index in [1.54, 1.807) is 12.1 Å². The third-order valence-corrected chi connectivity index (χ3v) is 2.84. The lowest BCUT2D eigenvalue weighted by atomic mass is 10.0. The standard InChI is InChI=1S/C13H20FNO/c1-3-10(9-16)15-13(4-2)11-7-5-6-8-12(11)14/h5-8,10,13,15-16H,3-4,9H2,1-2H3/t10-,13?/m0/s1. The number of nitrogens with one attached hydrogen (secondary N) is 1. The summed E-state index contributed by atoms with van der Waals surface area (Å²) in [4.78, 5) is 0. The summed E-state index contributed by atoms with van der Waals surface area (Å²) in [6.45, 7) is 4.09. The number of hydrogen-bond donors (Lipinski definition) is 2. The Morgan fingerprint density at radius 1 is 1.25 bits per heavy atom. The van der Waals surface area contributed by atoms with E-state index in [0.717, 1.165) is 12.8 Å². The van der Waals surface area contributed by atoms with Gasteiger partial charge >= 0.3 is 0 Å². The molecule has 2 nitrogen and oxygen atoms in total. The molecule has 90 valence electrons. The Labute approximate surface area is 96.5 Å². The van der Waals surface area contributed by atoms with E-state index in [2.05, 4.69) is 5.32 Å². The third-order valence-electron chi connectivity index (χ3n) is 2.84. The number of halogens is 1. The molecular formula is C13H20FNO. The average Bonchev–Trinajstić information content (AvgIpc) is 2.32. The Kier molecular flexibility index (Phi) is 5.43. The molecule has 0 aliphatic rings. The molecule has 0 spiro atoms. The lowest BCUT2D eigenvalue weighted by Gasteiger charge is -2.23. The molecule has 1 aromatic carbocycles. The number of rotatable bonds is 6. The van der Waals surface area contributed by atoms with Crippen LogP contribution in [0.5, 0.6) is 0 Å². The van der Waals surface area contributed by atoms with Crippen molar-refractivity contribution in [2.75, 3.05) is 6.61 Å². The van der Waals surface area contributed by atoms with E-state index >= 15 is 0 Å². The van der Waals surface area contributed by atoms with Crippen molar-refractivity contribution in [3.05, 3.63) is 35.6 Å². The number of hydrogen-bond acceptors (Lipinski definition) is 2. The molecule has 1 aromatic rings. The first kappa shape index (κ1) is 13.1. The van der Waals surface area contributed by atoms with Crippen LogP contribution in [0.4, 0.5) is 4.39 Å². The molecule has 0 fully saturated rings. The summed E-state index contributed by atoms with van der Waals surface area (Å²) in [6, 6.07) is 6.79. The molecular weight excluding hydrogens is 205 g/mol. The third kappa shape index (κ3) is 3.29. The topological polar surface area (TPSA) is 32.3 Å². The summed E-state index contributed by atoms with van der Waals surface area (Å²) < 4.78 is 13.6. The molecule has 0 aliphatic carbocycles. The fraction of sp³-hybridized carbons (Fsp3) is 0.538. The molecule has 0 heterocycles. The largest absolute Gasteiger partial charge is 0.395 e. The van der Waals surface area contributed by atoms with E-state index in [1.165, 1.54) is 6.07 Å². The predicted octanol–water partition coefficient (Wildman–Crippen LogP) is 2.64. The molecule has 16 heavy (non-hydrogen) atoms. The normalized spacial score (nSPS) is 14.8. The second-order valence-corrected chi connectivity index (χ2v) is 3.94. The molecule has 1 rings (SSSR count). The first-order valence-corrected chi connectivity index (χ1v) is 5.84. The highest BCUT2D eigenvalue weighted by atomic mass is 19.1. The highest BCUT2D eigenvalue weighted by molar-refractivity contribution is 5.21. The molecule has 1 unspecified atom stereocenters. The summed E-state index contributed by atoms with van der Waals surface area (Å²) in [5.74, 6) is -0.186. The van der Waals surface area contributed by atoms with Gasteiger partial charge in [-0.15, -0.1) is 0 Å². The predicted molar refractivity (Wildman–Crippen MR) is 63.7 cm³/mol. The summed E-state index contributed by atoms with van der Waals surface area (Å²) in [7, 11) is 0. The van der Waals surface area contributed by atoms with Crippen molar-refractivity contribution >= 4 is 0 Å². The smallest absolute Gasteiger partial charge is 0.127 e. The minimum atomic E-state index is -0.186. The number of benzene rings is 1. The van der Waals surface area contributed by atoms with Crippen molar-refractivity contribution in [3.8, 4) is 0 Å². The van der Waals surface area contributed by atoms with Crippen LogP contribution in [0, 0.1) is 5.82 Å². The van der Waals surface area contributed by atoms with Gasteiger partial charge in [-0.25, -0.2) is 4.39 Å². The molecule has 0 radical (unpaired) electrons. The summed E-state index contributed by atoms with van der Waals surface area (Å²) in [6.07, 6.45) is 1.64. The summed E-state index contributed by atoms with van der Waals surface area (Å²) in [5, 5.41) is 12.4. The van der Waals surface area contributed by atoms with Gasteiger partial charge in [-0.2, -0.15) is 0 Å². The van der Waals surface area contributed by atoms with Crippen LogP contribution in [-0.2, 0) is 0 Å². The Morgan fingerprint density at radius 2 is 1.94 bits per heavy atom. The maximum atomic E-state index is 13.6. The van der Waals surface area contributed by atoms with Gasteiger partial charge in [0.25, 0.3) is 0 Å². The fourth-order valence-corrected chi connectivity index (χ4v) is 1.77. The molecule has 0 saturated carbocycles. The molecule has 0 bridgehead atoms. The summed E-state index contributed by atoms with van der Waals surface area (Å²) in [5.41, 5.74) is 0.678. The van der Waals surface area contributed by atoms with Gasteiger partial charge in [0.2, 0.25) is 0 Å². The highest BCUT2D eigenvalue weighted by Crippen LogP contribution is 2.20. The average molecular weight is 225 g/mol. The van der Waals surface area contributed by atoms with Crippen LogP contribution in [0.2, 0.25) is 0 Å². The first-order chi connectivity index (χ1) is 7.72.